The summed E-state index contributed by atoms with van der Waals surface area (Å²) in [4.78, 5) is 23.9. The predicted molar refractivity (Wildman–Crippen MR) is 77.7 cm³/mol. The van der Waals surface area contributed by atoms with Gasteiger partial charge in [-0.1, -0.05) is 27.5 Å². The number of rotatable bonds is 5. The van der Waals surface area contributed by atoms with Gasteiger partial charge in [0.05, 0.1) is 17.1 Å². The van der Waals surface area contributed by atoms with Gasteiger partial charge in [0.1, 0.15) is 0 Å². The van der Waals surface area contributed by atoms with E-state index in [-0.39, 0.29) is 19.0 Å². The van der Waals surface area contributed by atoms with Crippen LogP contribution in [0.4, 0.5) is 10.5 Å². The van der Waals surface area contributed by atoms with E-state index in [4.69, 9.17) is 16.7 Å². The molecular weight excluding hydrogens is 336 g/mol. The normalized spacial score (nSPS) is 10.1. The van der Waals surface area contributed by atoms with E-state index in [1.54, 1.807) is 25.1 Å². The van der Waals surface area contributed by atoms with E-state index in [0.717, 1.165) is 4.47 Å². The van der Waals surface area contributed by atoms with Crippen LogP contribution >= 0.6 is 27.5 Å². The molecule has 0 bridgehead atoms. The van der Waals surface area contributed by atoms with Crippen LogP contribution in [0.3, 0.4) is 0 Å². The predicted octanol–water partition coefficient (Wildman–Crippen LogP) is 3.43. The van der Waals surface area contributed by atoms with Crippen LogP contribution < -0.4 is 5.32 Å². The molecule has 2 N–H and O–H groups in total. The Morgan fingerprint density at radius 2 is 2.16 bits per heavy atom. The minimum atomic E-state index is -0.937. The highest BCUT2D eigenvalue weighted by Gasteiger charge is 2.14. The first-order chi connectivity index (χ1) is 8.93. The van der Waals surface area contributed by atoms with Gasteiger partial charge in [-0.15, -0.1) is 0 Å². The monoisotopic (exact) mass is 348 g/mol. The van der Waals surface area contributed by atoms with E-state index in [2.05, 4.69) is 21.2 Å². The first-order valence-electron chi connectivity index (χ1n) is 5.66. The summed E-state index contributed by atoms with van der Waals surface area (Å²) < 4.78 is 0.814. The summed E-state index contributed by atoms with van der Waals surface area (Å²) in [6, 6.07) is 4.74. The van der Waals surface area contributed by atoms with E-state index in [1.165, 1.54) is 4.90 Å². The molecule has 0 aliphatic heterocycles. The molecule has 0 radical (unpaired) electrons. The van der Waals surface area contributed by atoms with Gasteiger partial charge in [-0.05, 0) is 25.1 Å². The summed E-state index contributed by atoms with van der Waals surface area (Å²) in [6.45, 7) is 2.36. The second-order valence-corrected chi connectivity index (χ2v) is 5.10. The molecular formula is C12H14BrClN2O3. The standard InChI is InChI=1S/C12H14BrClN2O3/c1-2-16(6-5-11(17)18)12(19)15-10-4-3-8(13)7-9(10)14/h3-4,7H,2,5-6H2,1H3,(H,15,19)(H,17,18). The van der Waals surface area contributed by atoms with Crippen LogP contribution in [0.15, 0.2) is 22.7 Å². The number of nitrogens with one attached hydrogen (secondary N) is 1. The van der Waals surface area contributed by atoms with Crippen LogP contribution in [-0.4, -0.2) is 35.1 Å². The number of carboxylic acids is 1. The van der Waals surface area contributed by atoms with E-state index in [9.17, 15) is 9.59 Å². The Labute approximate surface area is 124 Å². The third-order valence-corrected chi connectivity index (χ3v) is 3.24. The van der Waals surface area contributed by atoms with Crippen LogP contribution in [0.25, 0.3) is 0 Å². The highest BCUT2D eigenvalue weighted by atomic mass is 79.9. The highest BCUT2D eigenvalue weighted by Crippen LogP contribution is 2.25. The van der Waals surface area contributed by atoms with Crippen LogP contribution in [0, 0.1) is 0 Å². The number of amides is 2. The molecule has 1 rings (SSSR count). The average molecular weight is 350 g/mol. The van der Waals surface area contributed by atoms with Crippen molar-refractivity contribution in [1.29, 1.82) is 0 Å². The molecule has 0 heterocycles. The quantitative estimate of drug-likeness (QED) is 0.855. The lowest BCUT2D eigenvalue weighted by molar-refractivity contribution is -0.137. The Kier molecular flexibility index (Phi) is 6.11. The fraction of sp³-hybridized carbons (Fsp3) is 0.333. The molecule has 19 heavy (non-hydrogen) atoms. The molecule has 5 nitrogen and oxygen atoms in total. The molecule has 0 saturated carbocycles. The van der Waals surface area contributed by atoms with Gasteiger partial charge in [0.2, 0.25) is 0 Å². The molecule has 2 amide bonds. The van der Waals surface area contributed by atoms with E-state index < -0.39 is 5.97 Å². The number of hydrogen-bond donors (Lipinski definition) is 2. The number of carbonyl (C=O) groups excluding carboxylic acids is 1. The lowest BCUT2D eigenvalue weighted by Gasteiger charge is -2.20. The smallest absolute Gasteiger partial charge is 0.321 e. The van der Waals surface area contributed by atoms with Crippen molar-refractivity contribution in [2.24, 2.45) is 0 Å². The van der Waals surface area contributed by atoms with Crippen molar-refractivity contribution in [2.45, 2.75) is 13.3 Å². The molecule has 0 saturated heterocycles. The minimum Gasteiger partial charge on any atom is -0.481 e. The number of benzene rings is 1. The largest absolute Gasteiger partial charge is 0.481 e. The first-order valence-corrected chi connectivity index (χ1v) is 6.84. The van der Waals surface area contributed by atoms with Crippen LogP contribution in [0.1, 0.15) is 13.3 Å². The number of urea groups is 1. The number of nitrogens with zero attached hydrogens (tertiary/aromatic N) is 1. The van der Waals surface area contributed by atoms with Gasteiger partial charge in [0, 0.05) is 17.6 Å². The number of aliphatic carboxylic acids is 1. The Morgan fingerprint density at radius 1 is 1.47 bits per heavy atom. The molecule has 7 heteroatoms. The van der Waals surface area contributed by atoms with Gasteiger partial charge < -0.3 is 15.3 Å². The molecule has 104 valence electrons. The van der Waals surface area contributed by atoms with E-state index in [0.29, 0.717) is 17.3 Å². The number of hydrogen-bond acceptors (Lipinski definition) is 2. The molecule has 0 aromatic heterocycles. The summed E-state index contributed by atoms with van der Waals surface area (Å²) in [5, 5.41) is 11.7. The Balaban J connectivity index is 2.68. The Hall–Kier alpha value is -1.27. The van der Waals surface area contributed by atoms with Gasteiger partial charge in [-0.25, -0.2) is 4.79 Å². The Morgan fingerprint density at radius 3 is 2.68 bits per heavy atom. The summed E-state index contributed by atoms with van der Waals surface area (Å²) in [5.41, 5.74) is 0.489. The van der Waals surface area contributed by atoms with Crippen LogP contribution in [0.5, 0.6) is 0 Å². The summed E-state index contributed by atoms with van der Waals surface area (Å²) in [5.74, 6) is -0.937. The number of halogens is 2. The number of carbonyl (C=O) groups is 2. The molecule has 0 unspecified atom stereocenters. The average Bonchev–Trinajstić information content (AvgIpc) is 2.33. The van der Waals surface area contributed by atoms with Crippen molar-refractivity contribution in [3.05, 3.63) is 27.7 Å². The zero-order valence-corrected chi connectivity index (χ0v) is 12.7. The maximum Gasteiger partial charge on any atom is 0.321 e. The SMILES string of the molecule is CCN(CCC(=O)O)C(=O)Nc1ccc(Br)cc1Cl. The van der Waals surface area contributed by atoms with Crippen LogP contribution in [-0.2, 0) is 4.79 Å². The second kappa shape index (κ2) is 7.35. The third-order valence-electron chi connectivity index (χ3n) is 2.44. The van der Waals surface area contributed by atoms with Crippen molar-refractivity contribution in [1.82, 2.24) is 4.90 Å². The number of anilines is 1. The molecule has 0 aliphatic rings. The van der Waals surface area contributed by atoms with Crippen molar-refractivity contribution in [3.8, 4) is 0 Å². The maximum atomic E-state index is 11.9. The molecule has 0 aliphatic carbocycles. The first kappa shape index (κ1) is 15.8. The third kappa shape index (κ3) is 5.08. The molecule has 1 aromatic carbocycles. The lowest BCUT2D eigenvalue weighted by Crippen LogP contribution is -2.36. The van der Waals surface area contributed by atoms with Crippen molar-refractivity contribution in [2.75, 3.05) is 18.4 Å². The number of carboxylic acid groups (broad SMARTS) is 1. The lowest BCUT2D eigenvalue weighted by atomic mass is 10.3. The van der Waals surface area contributed by atoms with Gasteiger partial charge in [-0.2, -0.15) is 0 Å². The molecule has 0 fully saturated rings. The van der Waals surface area contributed by atoms with Gasteiger partial charge >= 0.3 is 12.0 Å². The van der Waals surface area contributed by atoms with Crippen molar-refractivity contribution in [3.63, 3.8) is 0 Å². The Bertz CT molecular complexity index is 482. The zero-order chi connectivity index (χ0) is 14.4. The van der Waals surface area contributed by atoms with Crippen LogP contribution in [0.2, 0.25) is 5.02 Å². The second-order valence-electron chi connectivity index (χ2n) is 3.78. The van der Waals surface area contributed by atoms with Gasteiger partial charge in [0.15, 0.2) is 0 Å². The van der Waals surface area contributed by atoms with Gasteiger partial charge in [-0.3, -0.25) is 4.79 Å². The maximum absolute atomic E-state index is 11.9. The minimum absolute atomic E-state index is 0.0880. The van der Waals surface area contributed by atoms with Crippen molar-refractivity contribution < 1.29 is 14.7 Å². The van der Waals surface area contributed by atoms with E-state index in [1.807, 2.05) is 0 Å². The summed E-state index contributed by atoms with van der Waals surface area (Å²) >= 11 is 9.26. The van der Waals surface area contributed by atoms with E-state index >= 15 is 0 Å². The molecule has 0 spiro atoms. The fourth-order valence-corrected chi connectivity index (χ4v) is 2.14. The molecule has 0 atom stereocenters. The fourth-order valence-electron chi connectivity index (χ4n) is 1.42. The summed E-state index contributed by atoms with van der Waals surface area (Å²) in [7, 11) is 0. The molecule has 1 aromatic rings. The highest BCUT2D eigenvalue weighted by molar-refractivity contribution is 9.10. The van der Waals surface area contributed by atoms with Crippen molar-refractivity contribution >= 4 is 45.2 Å². The topological polar surface area (TPSA) is 69.6 Å². The zero-order valence-electron chi connectivity index (χ0n) is 10.3. The summed E-state index contributed by atoms with van der Waals surface area (Å²) in [6.07, 6.45) is -0.0880. The van der Waals surface area contributed by atoms with Gasteiger partial charge in [0.25, 0.3) is 0 Å².